The van der Waals surface area contributed by atoms with Crippen LogP contribution in [0.3, 0.4) is 0 Å². The standard InChI is InChI=1S/C14H18O2/c1-14(9-5-6-10-14)13(15)11-7-3-4-8-12(11)16-2/h3-4,7-8H,5-6,9-10H2,1-2H3. The SMILES string of the molecule is COc1ccccc1C(=O)C1(C)CCCC1. The van der Waals surface area contributed by atoms with E-state index in [-0.39, 0.29) is 11.2 Å². The van der Waals surface area contributed by atoms with Crippen molar-refractivity contribution in [2.24, 2.45) is 5.41 Å². The first kappa shape index (κ1) is 11.2. The lowest BCUT2D eigenvalue weighted by molar-refractivity contribution is 0.0820. The van der Waals surface area contributed by atoms with Crippen LogP contribution in [-0.4, -0.2) is 12.9 Å². The van der Waals surface area contributed by atoms with Gasteiger partial charge in [-0.25, -0.2) is 0 Å². The minimum Gasteiger partial charge on any atom is -0.496 e. The van der Waals surface area contributed by atoms with Gasteiger partial charge >= 0.3 is 0 Å². The average Bonchev–Trinajstić information content (AvgIpc) is 2.76. The highest BCUT2D eigenvalue weighted by molar-refractivity contribution is 6.02. The molecule has 0 radical (unpaired) electrons. The molecule has 1 aromatic carbocycles. The molecule has 0 N–H and O–H groups in total. The fourth-order valence-electron chi connectivity index (χ4n) is 2.54. The molecule has 2 nitrogen and oxygen atoms in total. The summed E-state index contributed by atoms with van der Waals surface area (Å²) in [5, 5.41) is 0. The zero-order valence-electron chi connectivity index (χ0n) is 9.95. The van der Waals surface area contributed by atoms with Gasteiger partial charge in [-0.2, -0.15) is 0 Å². The molecule has 86 valence electrons. The Kier molecular flexibility index (Phi) is 2.99. The van der Waals surface area contributed by atoms with E-state index in [0.717, 1.165) is 31.2 Å². The van der Waals surface area contributed by atoms with Gasteiger partial charge in [0.2, 0.25) is 0 Å². The molecule has 0 aromatic heterocycles. The van der Waals surface area contributed by atoms with E-state index in [0.29, 0.717) is 5.75 Å². The summed E-state index contributed by atoms with van der Waals surface area (Å²) in [5.41, 5.74) is 0.559. The Bertz CT molecular complexity index is 389. The van der Waals surface area contributed by atoms with Crippen molar-refractivity contribution in [1.29, 1.82) is 0 Å². The van der Waals surface area contributed by atoms with Gasteiger partial charge in [0.15, 0.2) is 5.78 Å². The number of para-hydroxylation sites is 1. The molecule has 0 aliphatic heterocycles. The van der Waals surface area contributed by atoms with Crippen LogP contribution in [0.1, 0.15) is 43.0 Å². The van der Waals surface area contributed by atoms with E-state index in [2.05, 4.69) is 6.92 Å². The van der Waals surface area contributed by atoms with Crippen LogP contribution < -0.4 is 4.74 Å². The summed E-state index contributed by atoms with van der Waals surface area (Å²) < 4.78 is 5.25. The summed E-state index contributed by atoms with van der Waals surface area (Å²) in [6, 6.07) is 7.51. The molecule has 0 saturated heterocycles. The van der Waals surface area contributed by atoms with Crippen molar-refractivity contribution >= 4 is 5.78 Å². The number of rotatable bonds is 3. The fraction of sp³-hybridized carbons (Fsp3) is 0.500. The van der Waals surface area contributed by atoms with Crippen LogP contribution in [0, 0.1) is 5.41 Å². The topological polar surface area (TPSA) is 26.3 Å². The first-order chi connectivity index (χ1) is 7.67. The van der Waals surface area contributed by atoms with E-state index < -0.39 is 0 Å². The molecule has 0 amide bonds. The highest BCUT2D eigenvalue weighted by Crippen LogP contribution is 2.41. The van der Waals surface area contributed by atoms with Gasteiger partial charge in [0.1, 0.15) is 5.75 Å². The summed E-state index contributed by atoms with van der Waals surface area (Å²) >= 11 is 0. The van der Waals surface area contributed by atoms with Crippen molar-refractivity contribution in [1.82, 2.24) is 0 Å². The number of ketones is 1. The zero-order valence-corrected chi connectivity index (χ0v) is 9.95. The molecule has 1 aliphatic rings. The molecule has 2 heteroatoms. The minimum atomic E-state index is -0.172. The maximum Gasteiger partial charge on any atom is 0.172 e. The molecule has 0 heterocycles. The Labute approximate surface area is 96.6 Å². The van der Waals surface area contributed by atoms with Crippen LogP contribution in [-0.2, 0) is 0 Å². The lowest BCUT2D eigenvalue weighted by Gasteiger charge is -2.22. The van der Waals surface area contributed by atoms with Crippen LogP contribution in [0.2, 0.25) is 0 Å². The number of carbonyl (C=O) groups excluding carboxylic acids is 1. The highest BCUT2D eigenvalue weighted by atomic mass is 16.5. The molecule has 1 aliphatic carbocycles. The Hall–Kier alpha value is -1.31. The molecule has 16 heavy (non-hydrogen) atoms. The summed E-state index contributed by atoms with van der Waals surface area (Å²) in [5.74, 6) is 0.933. The largest absolute Gasteiger partial charge is 0.496 e. The zero-order chi connectivity index (χ0) is 11.6. The van der Waals surface area contributed by atoms with Gasteiger partial charge in [-0.1, -0.05) is 31.9 Å². The molecule has 0 unspecified atom stereocenters. The highest BCUT2D eigenvalue weighted by Gasteiger charge is 2.37. The Morgan fingerprint density at radius 3 is 2.50 bits per heavy atom. The maximum absolute atomic E-state index is 12.5. The number of hydrogen-bond donors (Lipinski definition) is 0. The molecule has 1 aromatic rings. The number of Topliss-reactive ketones (excluding diaryl/α,β-unsaturated/α-hetero) is 1. The lowest BCUT2D eigenvalue weighted by Crippen LogP contribution is -2.24. The van der Waals surface area contributed by atoms with Crippen molar-refractivity contribution < 1.29 is 9.53 Å². The number of benzene rings is 1. The maximum atomic E-state index is 12.5. The Balaban J connectivity index is 2.33. The van der Waals surface area contributed by atoms with Gasteiger partial charge in [0, 0.05) is 5.41 Å². The average molecular weight is 218 g/mol. The summed E-state index contributed by atoms with van der Waals surface area (Å²) in [6.07, 6.45) is 4.34. The van der Waals surface area contributed by atoms with Gasteiger partial charge in [0.05, 0.1) is 12.7 Å². The van der Waals surface area contributed by atoms with Crippen LogP contribution in [0.15, 0.2) is 24.3 Å². The third-order valence-corrected chi connectivity index (χ3v) is 3.61. The molecule has 0 spiro atoms. The smallest absolute Gasteiger partial charge is 0.172 e. The van der Waals surface area contributed by atoms with Crippen molar-refractivity contribution in [3.8, 4) is 5.75 Å². The van der Waals surface area contributed by atoms with Gasteiger partial charge in [0.25, 0.3) is 0 Å². The van der Waals surface area contributed by atoms with Crippen molar-refractivity contribution in [3.05, 3.63) is 29.8 Å². The molecule has 1 saturated carbocycles. The second-order valence-electron chi connectivity index (χ2n) is 4.80. The number of hydrogen-bond acceptors (Lipinski definition) is 2. The van der Waals surface area contributed by atoms with E-state index >= 15 is 0 Å². The molecule has 2 rings (SSSR count). The number of ether oxygens (including phenoxy) is 1. The van der Waals surface area contributed by atoms with Crippen LogP contribution in [0.4, 0.5) is 0 Å². The van der Waals surface area contributed by atoms with Gasteiger partial charge in [-0.3, -0.25) is 4.79 Å². The molecular formula is C14H18O2. The Morgan fingerprint density at radius 2 is 1.88 bits per heavy atom. The monoisotopic (exact) mass is 218 g/mol. The minimum absolute atomic E-state index is 0.172. The van der Waals surface area contributed by atoms with E-state index in [1.165, 1.54) is 0 Å². The summed E-state index contributed by atoms with van der Waals surface area (Å²) in [4.78, 5) is 12.5. The number of carbonyl (C=O) groups is 1. The van der Waals surface area contributed by atoms with E-state index in [4.69, 9.17) is 4.74 Å². The Morgan fingerprint density at radius 1 is 1.25 bits per heavy atom. The second kappa shape index (κ2) is 4.28. The van der Waals surface area contributed by atoms with Crippen LogP contribution in [0.5, 0.6) is 5.75 Å². The van der Waals surface area contributed by atoms with Crippen molar-refractivity contribution in [2.75, 3.05) is 7.11 Å². The molecule has 1 fully saturated rings. The van der Waals surface area contributed by atoms with Crippen molar-refractivity contribution in [3.63, 3.8) is 0 Å². The normalized spacial score (nSPS) is 18.4. The van der Waals surface area contributed by atoms with E-state index in [9.17, 15) is 4.79 Å². The quantitative estimate of drug-likeness (QED) is 0.726. The molecular weight excluding hydrogens is 200 g/mol. The second-order valence-corrected chi connectivity index (χ2v) is 4.80. The fourth-order valence-corrected chi connectivity index (χ4v) is 2.54. The van der Waals surface area contributed by atoms with Gasteiger partial charge in [-0.15, -0.1) is 0 Å². The van der Waals surface area contributed by atoms with E-state index in [1.807, 2.05) is 24.3 Å². The van der Waals surface area contributed by atoms with Gasteiger partial charge < -0.3 is 4.74 Å². The lowest BCUT2D eigenvalue weighted by atomic mass is 9.80. The summed E-state index contributed by atoms with van der Waals surface area (Å²) in [7, 11) is 1.61. The van der Waals surface area contributed by atoms with E-state index in [1.54, 1.807) is 7.11 Å². The first-order valence-corrected chi connectivity index (χ1v) is 5.85. The van der Waals surface area contributed by atoms with Gasteiger partial charge in [-0.05, 0) is 25.0 Å². The summed E-state index contributed by atoms with van der Waals surface area (Å²) in [6.45, 7) is 2.08. The third-order valence-electron chi connectivity index (χ3n) is 3.61. The van der Waals surface area contributed by atoms with Crippen molar-refractivity contribution in [2.45, 2.75) is 32.6 Å². The predicted octanol–water partition coefficient (Wildman–Crippen LogP) is 3.46. The predicted molar refractivity (Wildman–Crippen MR) is 63.9 cm³/mol. The van der Waals surface area contributed by atoms with Crippen LogP contribution >= 0.6 is 0 Å². The molecule has 0 atom stereocenters. The molecule has 0 bridgehead atoms. The number of methoxy groups -OCH3 is 1. The first-order valence-electron chi connectivity index (χ1n) is 5.85. The van der Waals surface area contributed by atoms with Crippen LogP contribution in [0.25, 0.3) is 0 Å². The third kappa shape index (κ3) is 1.84.